The van der Waals surface area contributed by atoms with Crippen LogP contribution in [-0.2, 0) is 14.4 Å². The number of amides is 2. The molecule has 10 nitrogen and oxygen atoms in total. The Morgan fingerprint density at radius 3 is 2.59 bits per heavy atom. The molecule has 11 heteroatoms. The van der Waals surface area contributed by atoms with Gasteiger partial charge in [-0.25, -0.2) is 4.98 Å². The Labute approximate surface area is 189 Å². The molecule has 0 radical (unpaired) electrons. The van der Waals surface area contributed by atoms with E-state index in [1.54, 1.807) is 35.8 Å². The van der Waals surface area contributed by atoms with E-state index in [-0.39, 0.29) is 18.8 Å². The molecule has 2 heterocycles. The van der Waals surface area contributed by atoms with E-state index in [0.717, 1.165) is 0 Å². The molecule has 3 rings (SSSR count). The zero-order valence-corrected chi connectivity index (χ0v) is 18.2. The number of carboxylic acids is 1. The Morgan fingerprint density at radius 2 is 1.97 bits per heavy atom. The lowest BCUT2D eigenvalue weighted by Crippen LogP contribution is -2.55. The lowest BCUT2D eigenvalue weighted by molar-refractivity contribution is -0.159. The maximum atomic E-state index is 12.7. The smallest absolute Gasteiger partial charge is 0.312 e. The van der Waals surface area contributed by atoms with E-state index < -0.39 is 23.8 Å². The van der Waals surface area contributed by atoms with Crippen molar-refractivity contribution in [2.75, 3.05) is 26.2 Å². The third-order valence-electron chi connectivity index (χ3n) is 5.08. The van der Waals surface area contributed by atoms with E-state index in [0.29, 0.717) is 48.9 Å². The van der Waals surface area contributed by atoms with Crippen LogP contribution >= 0.6 is 11.3 Å². The van der Waals surface area contributed by atoms with Crippen molar-refractivity contribution in [1.82, 2.24) is 14.8 Å². The van der Waals surface area contributed by atoms with Gasteiger partial charge in [-0.1, -0.05) is 0 Å². The molecule has 0 bridgehead atoms. The SMILES string of the molecule is N=C(N)c1ccc(OCCCCN2CCN(C(CC(=O)O)c3nccs3)C(=O)C2=O)cc1. The predicted octanol–water partition coefficient (Wildman–Crippen LogP) is 1.47. The number of aliphatic carboxylic acids is 1. The predicted molar refractivity (Wildman–Crippen MR) is 118 cm³/mol. The summed E-state index contributed by atoms with van der Waals surface area (Å²) in [5, 5.41) is 18.8. The van der Waals surface area contributed by atoms with E-state index in [9.17, 15) is 19.5 Å². The average Bonchev–Trinajstić information content (AvgIpc) is 3.30. The molecule has 4 N–H and O–H groups in total. The summed E-state index contributed by atoms with van der Waals surface area (Å²) >= 11 is 1.27. The zero-order chi connectivity index (χ0) is 23.1. The number of piperazine rings is 1. The van der Waals surface area contributed by atoms with Gasteiger partial charge in [0.2, 0.25) is 0 Å². The third kappa shape index (κ3) is 5.82. The molecular formula is C21H25N5O5S. The number of thiazole rings is 1. The number of carbonyl (C=O) groups excluding carboxylic acids is 2. The molecule has 2 aromatic rings. The summed E-state index contributed by atoms with van der Waals surface area (Å²) in [4.78, 5) is 43.5. The van der Waals surface area contributed by atoms with Gasteiger partial charge in [-0.3, -0.25) is 19.8 Å². The number of nitrogens with one attached hydrogen (secondary N) is 1. The Balaban J connectivity index is 1.46. The summed E-state index contributed by atoms with van der Waals surface area (Å²) < 4.78 is 5.65. The number of nitrogens with two attached hydrogens (primary N) is 1. The second kappa shape index (κ2) is 10.7. The van der Waals surface area contributed by atoms with Crippen LogP contribution in [0.5, 0.6) is 5.75 Å². The molecule has 1 unspecified atom stereocenters. The number of hydrogen-bond donors (Lipinski definition) is 3. The first-order chi connectivity index (χ1) is 15.4. The fraction of sp³-hybridized carbons (Fsp3) is 0.381. The Morgan fingerprint density at radius 1 is 1.22 bits per heavy atom. The standard InChI is InChI=1S/C21H25N5O5S/c22-18(23)14-3-5-15(6-4-14)31-11-2-1-8-25-9-10-26(21(30)20(25)29)16(13-17(27)28)19-24-7-12-32-19/h3-7,12,16H,1-2,8-11,13H2,(H3,22,23)(H,27,28). The first-order valence-electron chi connectivity index (χ1n) is 10.1. The number of benzene rings is 1. The topological polar surface area (TPSA) is 150 Å². The summed E-state index contributed by atoms with van der Waals surface area (Å²) in [6, 6.07) is 6.17. The number of carboxylic acid groups (broad SMARTS) is 1. The number of aromatic nitrogens is 1. The largest absolute Gasteiger partial charge is 0.494 e. The number of nitrogens with zero attached hydrogens (tertiary/aromatic N) is 3. The van der Waals surface area contributed by atoms with Crippen LogP contribution in [0.4, 0.5) is 0 Å². The summed E-state index contributed by atoms with van der Waals surface area (Å²) in [5.41, 5.74) is 6.05. The van der Waals surface area contributed by atoms with Crippen LogP contribution in [0.25, 0.3) is 0 Å². The highest BCUT2D eigenvalue weighted by Gasteiger charge is 2.38. The van der Waals surface area contributed by atoms with Crippen LogP contribution in [0.15, 0.2) is 35.8 Å². The lowest BCUT2D eigenvalue weighted by Gasteiger charge is -2.37. The highest BCUT2D eigenvalue weighted by molar-refractivity contribution is 7.09. The van der Waals surface area contributed by atoms with Crippen molar-refractivity contribution < 1.29 is 24.2 Å². The van der Waals surface area contributed by atoms with Crippen molar-refractivity contribution in [3.8, 4) is 5.75 Å². The van der Waals surface area contributed by atoms with Gasteiger partial charge in [-0.05, 0) is 37.1 Å². The van der Waals surface area contributed by atoms with Crippen LogP contribution in [0.2, 0.25) is 0 Å². The van der Waals surface area contributed by atoms with Crippen molar-refractivity contribution in [3.05, 3.63) is 46.4 Å². The maximum Gasteiger partial charge on any atom is 0.312 e. The molecule has 0 aliphatic carbocycles. The van der Waals surface area contributed by atoms with Gasteiger partial charge in [0.25, 0.3) is 0 Å². The Kier molecular flexibility index (Phi) is 7.77. The third-order valence-corrected chi connectivity index (χ3v) is 5.96. The van der Waals surface area contributed by atoms with Gasteiger partial charge >= 0.3 is 17.8 Å². The van der Waals surface area contributed by atoms with Crippen LogP contribution in [0.1, 0.15) is 35.9 Å². The highest BCUT2D eigenvalue weighted by Crippen LogP contribution is 2.28. The molecule has 0 saturated carbocycles. The van der Waals surface area contributed by atoms with E-state index in [4.69, 9.17) is 15.9 Å². The van der Waals surface area contributed by atoms with Crippen molar-refractivity contribution in [1.29, 1.82) is 5.41 Å². The summed E-state index contributed by atoms with van der Waals surface area (Å²) in [7, 11) is 0. The van der Waals surface area contributed by atoms with Crippen molar-refractivity contribution in [3.63, 3.8) is 0 Å². The summed E-state index contributed by atoms with van der Waals surface area (Å²) in [6.07, 6.45) is 2.61. The number of rotatable bonds is 11. The monoisotopic (exact) mass is 459 g/mol. The van der Waals surface area contributed by atoms with Gasteiger partial charge in [0.15, 0.2) is 0 Å². The fourth-order valence-corrected chi connectivity index (χ4v) is 4.17. The molecule has 1 aliphatic heterocycles. The quantitative estimate of drug-likeness (QED) is 0.199. The molecule has 1 atom stereocenters. The second-order valence-electron chi connectivity index (χ2n) is 7.27. The summed E-state index contributed by atoms with van der Waals surface area (Å²) in [6.45, 7) is 1.48. The van der Waals surface area contributed by atoms with Crippen molar-refractivity contribution >= 4 is 35.0 Å². The first kappa shape index (κ1) is 23.2. The van der Waals surface area contributed by atoms with Gasteiger partial charge in [-0.15, -0.1) is 11.3 Å². The molecule has 1 fully saturated rings. The molecule has 2 amide bonds. The highest BCUT2D eigenvalue weighted by atomic mass is 32.1. The summed E-state index contributed by atoms with van der Waals surface area (Å²) in [5.74, 6) is -1.70. The number of nitrogen functional groups attached to an aromatic ring is 1. The number of ether oxygens (including phenoxy) is 1. The van der Waals surface area contributed by atoms with Crippen LogP contribution in [0.3, 0.4) is 0 Å². The number of hydrogen-bond acceptors (Lipinski definition) is 7. The van der Waals surface area contributed by atoms with E-state index in [1.807, 2.05) is 0 Å². The average molecular weight is 460 g/mol. The molecule has 0 spiro atoms. The van der Waals surface area contributed by atoms with E-state index in [2.05, 4.69) is 4.98 Å². The normalized spacial score (nSPS) is 15.0. The molecule has 170 valence electrons. The minimum atomic E-state index is -1.05. The van der Waals surface area contributed by atoms with E-state index >= 15 is 0 Å². The van der Waals surface area contributed by atoms with Gasteiger partial charge in [0.1, 0.15) is 16.6 Å². The fourth-order valence-electron chi connectivity index (χ4n) is 3.42. The van der Waals surface area contributed by atoms with Crippen LogP contribution < -0.4 is 10.5 Å². The Bertz CT molecular complexity index is 963. The maximum absolute atomic E-state index is 12.7. The minimum absolute atomic E-state index is 0.00297. The van der Waals surface area contributed by atoms with Crippen molar-refractivity contribution in [2.24, 2.45) is 5.73 Å². The van der Waals surface area contributed by atoms with Crippen LogP contribution in [-0.4, -0.2) is 69.8 Å². The molecule has 1 aromatic carbocycles. The lowest BCUT2D eigenvalue weighted by atomic mass is 10.1. The first-order valence-corrected chi connectivity index (χ1v) is 11.0. The second-order valence-corrected chi connectivity index (χ2v) is 8.19. The minimum Gasteiger partial charge on any atom is -0.494 e. The number of unbranched alkanes of at least 4 members (excludes halogenated alkanes) is 1. The van der Waals surface area contributed by atoms with E-state index in [1.165, 1.54) is 21.1 Å². The molecule has 1 aromatic heterocycles. The van der Waals surface area contributed by atoms with Gasteiger partial charge in [-0.2, -0.15) is 0 Å². The van der Waals surface area contributed by atoms with Gasteiger partial charge in [0.05, 0.1) is 19.1 Å². The number of carbonyl (C=O) groups is 3. The van der Waals surface area contributed by atoms with Crippen LogP contribution in [0, 0.1) is 5.41 Å². The molecule has 1 aliphatic rings. The molecule has 32 heavy (non-hydrogen) atoms. The zero-order valence-electron chi connectivity index (χ0n) is 17.4. The Hall–Kier alpha value is -3.47. The van der Waals surface area contributed by atoms with Gasteiger partial charge < -0.3 is 25.4 Å². The van der Waals surface area contributed by atoms with Crippen molar-refractivity contribution in [2.45, 2.75) is 25.3 Å². The molecular weight excluding hydrogens is 434 g/mol. The van der Waals surface area contributed by atoms with Gasteiger partial charge in [0, 0.05) is 36.8 Å². The number of amidine groups is 1. The molecule has 1 saturated heterocycles.